The lowest BCUT2D eigenvalue weighted by atomic mass is 9.83. The Bertz CT molecular complexity index is 1630. The molecular weight excluding hydrogens is 545 g/mol. The summed E-state index contributed by atoms with van der Waals surface area (Å²) in [7, 11) is 0. The van der Waals surface area contributed by atoms with Gasteiger partial charge in [-0.1, -0.05) is 121 Å². The van der Waals surface area contributed by atoms with Gasteiger partial charge in [0.15, 0.2) is 0 Å². The maximum absolute atomic E-state index is 6.87. The van der Waals surface area contributed by atoms with E-state index in [1.165, 1.54) is 11.1 Å². The minimum atomic E-state index is -0.629. The van der Waals surface area contributed by atoms with Gasteiger partial charge in [-0.2, -0.15) is 0 Å². The summed E-state index contributed by atoms with van der Waals surface area (Å²) in [6, 6.07) is 46.8. The quantitative estimate of drug-likeness (QED) is 0.172. The van der Waals surface area contributed by atoms with Crippen molar-refractivity contribution in [3.8, 4) is 0 Å². The van der Waals surface area contributed by atoms with Crippen molar-refractivity contribution in [1.82, 2.24) is 9.97 Å². The minimum Gasteiger partial charge on any atom is -0.397 e. The summed E-state index contributed by atoms with van der Waals surface area (Å²) in [6.45, 7) is 0. The molecule has 0 radical (unpaired) electrons. The van der Waals surface area contributed by atoms with Crippen molar-refractivity contribution in [2.24, 2.45) is 0 Å². The minimum absolute atomic E-state index is 0.629. The summed E-state index contributed by atoms with van der Waals surface area (Å²) >= 11 is 1.90. The number of hydrogen-bond acceptors (Lipinski definition) is 5. The summed E-state index contributed by atoms with van der Waals surface area (Å²) in [5.41, 5.74) is 21.8. The van der Waals surface area contributed by atoms with E-state index in [2.05, 4.69) is 143 Å². The Hall–Kier alpha value is -4.87. The van der Waals surface area contributed by atoms with Crippen LogP contribution >= 0.6 is 11.8 Å². The predicted octanol–water partition coefficient (Wildman–Crippen LogP) is 8.05. The van der Waals surface area contributed by atoms with Crippen molar-refractivity contribution < 1.29 is 0 Å². The van der Waals surface area contributed by atoms with Crippen LogP contribution in [0.25, 0.3) is 0 Å². The Kier molecular flexibility index (Phi) is 8.25. The molecular formula is C38H34N4S. The zero-order valence-electron chi connectivity index (χ0n) is 23.9. The highest BCUT2D eigenvalue weighted by atomic mass is 32.2. The molecule has 4 N–H and O–H groups in total. The second-order valence-electron chi connectivity index (χ2n) is 10.7. The molecule has 212 valence electrons. The topological polar surface area (TPSA) is 77.8 Å². The molecule has 2 aromatic heterocycles. The molecule has 6 aromatic rings. The number of benzene rings is 4. The summed E-state index contributed by atoms with van der Waals surface area (Å²) in [5, 5.41) is 0. The standard InChI is InChI=1S/C38H34N4S/c39-35-27-41-23-21-33(35)37(31-17-9-3-10-18-31,25-29-13-5-1-6-14-29)43-38(32-19-11-4-12-20-32,26-30-15-7-2-8-16-30)34-22-24-42-28-36(34)40/h1-24,27-28H,25-26,39-40H2. The second kappa shape index (κ2) is 12.6. The molecule has 6 rings (SSSR count). The molecule has 0 bridgehead atoms. The van der Waals surface area contributed by atoms with Crippen LogP contribution in [0.3, 0.4) is 0 Å². The van der Waals surface area contributed by atoms with Crippen molar-refractivity contribution in [2.45, 2.75) is 22.3 Å². The highest BCUT2D eigenvalue weighted by molar-refractivity contribution is 8.01. The maximum atomic E-state index is 6.87. The lowest BCUT2D eigenvalue weighted by Gasteiger charge is -2.46. The van der Waals surface area contributed by atoms with Crippen molar-refractivity contribution >= 4 is 23.1 Å². The Morgan fingerprint density at radius 3 is 1.16 bits per heavy atom. The molecule has 0 amide bonds. The van der Waals surface area contributed by atoms with Gasteiger partial charge in [-0.15, -0.1) is 11.8 Å². The first-order chi connectivity index (χ1) is 21.1. The summed E-state index contributed by atoms with van der Waals surface area (Å²) in [5.74, 6) is 0. The maximum Gasteiger partial charge on any atom is 0.0730 e. The van der Waals surface area contributed by atoms with Crippen LogP contribution in [0.5, 0.6) is 0 Å². The number of pyridine rings is 2. The van der Waals surface area contributed by atoms with Gasteiger partial charge in [-0.3, -0.25) is 9.97 Å². The largest absolute Gasteiger partial charge is 0.397 e. The molecule has 0 saturated heterocycles. The van der Waals surface area contributed by atoms with E-state index in [0.717, 1.165) is 22.3 Å². The van der Waals surface area contributed by atoms with E-state index in [0.29, 0.717) is 24.2 Å². The van der Waals surface area contributed by atoms with Crippen LogP contribution in [0.15, 0.2) is 158 Å². The first kappa shape index (κ1) is 28.3. The molecule has 4 nitrogen and oxygen atoms in total. The highest BCUT2D eigenvalue weighted by Gasteiger charge is 2.48. The Morgan fingerprint density at radius 2 is 0.814 bits per heavy atom. The van der Waals surface area contributed by atoms with Crippen LogP contribution in [-0.2, 0) is 22.3 Å². The number of nitrogens with two attached hydrogens (primary N) is 2. The molecule has 4 aromatic carbocycles. The summed E-state index contributed by atoms with van der Waals surface area (Å²) in [4.78, 5) is 8.78. The fourth-order valence-electron chi connectivity index (χ4n) is 6.03. The molecule has 2 atom stereocenters. The molecule has 0 saturated carbocycles. The lowest BCUT2D eigenvalue weighted by molar-refractivity contribution is 0.679. The first-order valence-electron chi connectivity index (χ1n) is 14.4. The van der Waals surface area contributed by atoms with E-state index >= 15 is 0 Å². The number of rotatable bonds is 10. The molecule has 0 aliphatic carbocycles. The molecule has 2 heterocycles. The van der Waals surface area contributed by atoms with Crippen LogP contribution in [0.4, 0.5) is 11.4 Å². The normalized spacial score (nSPS) is 14.0. The fourth-order valence-corrected chi connectivity index (χ4v) is 8.21. The van der Waals surface area contributed by atoms with Crippen molar-refractivity contribution in [1.29, 1.82) is 0 Å². The highest BCUT2D eigenvalue weighted by Crippen LogP contribution is 2.59. The van der Waals surface area contributed by atoms with Gasteiger partial charge in [0, 0.05) is 12.4 Å². The third-order valence-corrected chi connectivity index (χ3v) is 9.89. The molecule has 43 heavy (non-hydrogen) atoms. The van der Waals surface area contributed by atoms with Crippen molar-refractivity contribution in [3.63, 3.8) is 0 Å². The van der Waals surface area contributed by atoms with Crippen molar-refractivity contribution in [3.05, 3.63) is 192 Å². The Labute approximate surface area is 257 Å². The predicted molar refractivity (Wildman–Crippen MR) is 180 cm³/mol. The van der Waals surface area contributed by atoms with Crippen LogP contribution in [0, 0.1) is 0 Å². The van der Waals surface area contributed by atoms with E-state index < -0.39 is 9.49 Å². The van der Waals surface area contributed by atoms with Gasteiger partial charge in [0.1, 0.15) is 0 Å². The number of thioether (sulfide) groups is 1. The van der Waals surface area contributed by atoms with Crippen LogP contribution in [-0.4, -0.2) is 9.97 Å². The Balaban J connectivity index is 1.71. The third kappa shape index (κ3) is 5.77. The summed E-state index contributed by atoms with van der Waals surface area (Å²) in [6.07, 6.45) is 8.62. The van der Waals surface area contributed by atoms with Crippen molar-refractivity contribution in [2.75, 3.05) is 11.5 Å². The number of nitrogens with zero attached hydrogens (tertiary/aromatic N) is 2. The molecule has 0 aliphatic rings. The first-order valence-corrected chi connectivity index (χ1v) is 15.2. The number of nitrogen functional groups attached to an aromatic ring is 2. The fraction of sp³-hybridized carbons (Fsp3) is 0.105. The molecule has 5 heteroatoms. The van der Waals surface area contributed by atoms with E-state index in [1.54, 1.807) is 12.4 Å². The van der Waals surface area contributed by atoms with E-state index in [1.807, 2.05) is 24.2 Å². The Morgan fingerprint density at radius 1 is 0.465 bits per heavy atom. The van der Waals surface area contributed by atoms with Gasteiger partial charge < -0.3 is 11.5 Å². The average Bonchev–Trinajstić information content (AvgIpc) is 3.06. The van der Waals surface area contributed by atoms with Gasteiger partial charge in [0.05, 0.1) is 33.3 Å². The van der Waals surface area contributed by atoms with Gasteiger partial charge in [0.2, 0.25) is 0 Å². The molecule has 0 aliphatic heterocycles. The van der Waals surface area contributed by atoms with Gasteiger partial charge in [-0.25, -0.2) is 0 Å². The van der Waals surface area contributed by atoms with Crippen LogP contribution in [0.2, 0.25) is 0 Å². The zero-order chi connectivity index (χ0) is 29.5. The van der Waals surface area contributed by atoms with Crippen LogP contribution < -0.4 is 11.5 Å². The van der Waals surface area contributed by atoms with E-state index in [4.69, 9.17) is 11.5 Å². The SMILES string of the molecule is Nc1cnccc1C(Cc1ccccc1)(SC(Cc1ccccc1)(c1ccccc1)c1ccncc1N)c1ccccc1. The van der Waals surface area contributed by atoms with Gasteiger partial charge in [0.25, 0.3) is 0 Å². The second-order valence-corrected chi connectivity index (χ2v) is 12.3. The summed E-state index contributed by atoms with van der Waals surface area (Å²) < 4.78 is -1.26. The average molecular weight is 579 g/mol. The van der Waals surface area contributed by atoms with E-state index in [9.17, 15) is 0 Å². The number of anilines is 2. The van der Waals surface area contributed by atoms with E-state index in [-0.39, 0.29) is 0 Å². The molecule has 0 fully saturated rings. The zero-order valence-corrected chi connectivity index (χ0v) is 24.7. The molecule has 2 unspecified atom stereocenters. The number of hydrogen-bond donors (Lipinski definition) is 2. The monoisotopic (exact) mass is 578 g/mol. The van der Waals surface area contributed by atoms with Gasteiger partial charge in [-0.05, 0) is 58.4 Å². The third-order valence-electron chi connectivity index (χ3n) is 7.99. The van der Waals surface area contributed by atoms with Crippen LogP contribution in [0.1, 0.15) is 33.4 Å². The molecule has 0 spiro atoms. The van der Waals surface area contributed by atoms with Gasteiger partial charge >= 0.3 is 0 Å². The lowest BCUT2D eigenvalue weighted by Crippen LogP contribution is -2.38. The smallest absolute Gasteiger partial charge is 0.0730 e. The number of aromatic nitrogens is 2.